The molecule has 0 aliphatic carbocycles. The molecule has 0 bridgehead atoms. The van der Waals surface area contributed by atoms with Gasteiger partial charge in [-0.15, -0.1) is 0 Å². The third-order valence-corrected chi connectivity index (χ3v) is 3.19. The van der Waals surface area contributed by atoms with Gasteiger partial charge in [-0.1, -0.05) is 13.8 Å². The molecule has 1 aromatic rings. The van der Waals surface area contributed by atoms with E-state index in [1.807, 2.05) is 4.68 Å². The molecule has 2 rings (SSSR count). The molecule has 1 N–H and O–H groups in total. The first-order valence-corrected chi connectivity index (χ1v) is 6.06. The summed E-state index contributed by atoms with van der Waals surface area (Å²) in [4.78, 5) is 0. The predicted octanol–water partition coefficient (Wildman–Crippen LogP) is 1.98. The molecule has 0 fully saturated rings. The lowest BCUT2D eigenvalue weighted by Gasteiger charge is -2.30. The molecule has 0 spiro atoms. The van der Waals surface area contributed by atoms with Crippen LogP contribution in [-0.2, 0) is 9.47 Å². The molecule has 1 aliphatic heterocycles. The molecule has 1 aromatic heterocycles. The van der Waals surface area contributed by atoms with Crippen LogP contribution in [0.25, 0.3) is 0 Å². The van der Waals surface area contributed by atoms with Crippen LogP contribution in [-0.4, -0.2) is 36.8 Å². The molecule has 0 radical (unpaired) electrons. The maximum absolute atomic E-state index is 5.35. The van der Waals surface area contributed by atoms with E-state index in [1.54, 1.807) is 14.2 Å². The second-order valence-electron chi connectivity index (χ2n) is 4.68. The lowest BCUT2D eigenvalue weighted by Crippen LogP contribution is -2.34. The number of fused-ring (bicyclic) bond motifs is 1. The largest absolute Gasteiger partial charge is 0.370 e. The SMILES string of the molecule is COC(OC)C1CCNc2cc(C(C)C)nn21. The molecule has 5 heteroatoms. The molecule has 5 nitrogen and oxygen atoms in total. The minimum Gasteiger partial charge on any atom is -0.370 e. The van der Waals surface area contributed by atoms with E-state index < -0.39 is 0 Å². The maximum atomic E-state index is 5.35. The van der Waals surface area contributed by atoms with Crippen molar-refractivity contribution >= 4 is 5.82 Å². The molecule has 1 atom stereocenters. The molecule has 0 amide bonds. The minimum absolute atomic E-state index is 0.147. The van der Waals surface area contributed by atoms with E-state index in [2.05, 4.69) is 30.3 Å². The minimum atomic E-state index is -0.240. The van der Waals surface area contributed by atoms with Gasteiger partial charge in [-0.3, -0.25) is 0 Å². The van der Waals surface area contributed by atoms with Crippen molar-refractivity contribution in [2.24, 2.45) is 0 Å². The topological polar surface area (TPSA) is 48.3 Å². The summed E-state index contributed by atoms with van der Waals surface area (Å²) in [6.45, 7) is 5.22. The van der Waals surface area contributed by atoms with Crippen molar-refractivity contribution in [3.63, 3.8) is 0 Å². The highest BCUT2D eigenvalue weighted by Crippen LogP contribution is 2.30. The summed E-state index contributed by atoms with van der Waals surface area (Å²) in [5.74, 6) is 1.49. The Morgan fingerprint density at radius 3 is 2.71 bits per heavy atom. The van der Waals surface area contributed by atoms with Gasteiger partial charge >= 0.3 is 0 Å². The molecular formula is C12H21N3O2. The van der Waals surface area contributed by atoms with E-state index in [9.17, 15) is 0 Å². The van der Waals surface area contributed by atoms with Gasteiger partial charge in [-0.25, -0.2) is 4.68 Å². The lowest BCUT2D eigenvalue weighted by atomic mass is 10.1. The summed E-state index contributed by atoms with van der Waals surface area (Å²) < 4.78 is 12.7. The number of hydrogen-bond donors (Lipinski definition) is 1. The number of hydrogen-bond acceptors (Lipinski definition) is 4. The molecular weight excluding hydrogens is 218 g/mol. The van der Waals surface area contributed by atoms with Gasteiger partial charge in [0.05, 0.1) is 5.69 Å². The highest BCUT2D eigenvalue weighted by molar-refractivity contribution is 5.40. The third kappa shape index (κ3) is 2.30. The number of anilines is 1. The molecule has 96 valence electrons. The van der Waals surface area contributed by atoms with Crippen molar-refractivity contribution in [3.8, 4) is 0 Å². The van der Waals surface area contributed by atoms with Crippen LogP contribution in [0.1, 0.15) is 37.9 Å². The average molecular weight is 239 g/mol. The molecule has 0 saturated heterocycles. The van der Waals surface area contributed by atoms with Crippen LogP contribution in [0, 0.1) is 0 Å². The van der Waals surface area contributed by atoms with Crippen LogP contribution in [0.4, 0.5) is 5.82 Å². The fourth-order valence-electron chi connectivity index (χ4n) is 2.21. The molecule has 0 saturated carbocycles. The summed E-state index contributed by atoms with van der Waals surface area (Å²) in [6, 6.07) is 2.26. The van der Waals surface area contributed by atoms with Gasteiger partial charge in [0.1, 0.15) is 11.9 Å². The van der Waals surface area contributed by atoms with Gasteiger partial charge in [-0.2, -0.15) is 5.10 Å². The fraction of sp³-hybridized carbons (Fsp3) is 0.750. The highest BCUT2D eigenvalue weighted by atomic mass is 16.7. The Kier molecular flexibility index (Phi) is 3.69. The molecule has 1 unspecified atom stereocenters. The Hall–Kier alpha value is -1.07. The number of aromatic nitrogens is 2. The quantitative estimate of drug-likeness (QED) is 0.816. The van der Waals surface area contributed by atoms with Gasteiger partial charge in [0.25, 0.3) is 0 Å². The van der Waals surface area contributed by atoms with E-state index in [-0.39, 0.29) is 12.3 Å². The van der Waals surface area contributed by atoms with Crippen molar-refractivity contribution in [2.75, 3.05) is 26.1 Å². The smallest absolute Gasteiger partial charge is 0.179 e. The van der Waals surface area contributed by atoms with Crippen LogP contribution >= 0.6 is 0 Å². The molecule has 1 aliphatic rings. The number of ether oxygens (including phenoxy) is 2. The number of nitrogens with zero attached hydrogens (tertiary/aromatic N) is 2. The first-order valence-electron chi connectivity index (χ1n) is 6.06. The van der Waals surface area contributed by atoms with Crippen molar-refractivity contribution in [1.29, 1.82) is 0 Å². The number of rotatable bonds is 4. The van der Waals surface area contributed by atoms with Gasteiger partial charge in [0.2, 0.25) is 0 Å². The van der Waals surface area contributed by atoms with Gasteiger partial charge < -0.3 is 14.8 Å². The summed E-state index contributed by atoms with van der Waals surface area (Å²) in [5.41, 5.74) is 1.10. The first kappa shape index (κ1) is 12.4. The van der Waals surface area contributed by atoms with Crippen molar-refractivity contribution in [2.45, 2.75) is 38.5 Å². The van der Waals surface area contributed by atoms with Crippen LogP contribution in [0.15, 0.2) is 6.07 Å². The first-order chi connectivity index (χ1) is 8.17. The average Bonchev–Trinajstić information content (AvgIpc) is 2.75. The van der Waals surface area contributed by atoms with Gasteiger partial charge in [-0.05, 0) is 12.3 Å². The predicted molar refractivity (Wildman–Crippen MR) is 66.3 cm³/mol. The van der Waals surface area contributed by atoms with Crippen LogP contribution in [0.2, 0.25) is 0 Å². The standard InChI is InChI=1S/C12H21N3O2/c1-8(2)9-7-11-13-6-5-10(15(11)14-9)12(16-3)17-4/h7-8,10,12-13H,5-6H2,1-4H3. The van der Waals surface area contributed by atoms with E-state index in [4.69, 9.17) is 9.47 Å². The zero-order valence-corrected chi connectivity index (χ0v) is 10.9. The molecule has 0 aromatic carbocycles. The van der Waals surface area contributed by atoms with Crippen LogP contribution < -0.4 is 5.32 Å². The number of nitrogens with one attached hydrogen (secondary N) is 1. The second-order valence-corrected chi connectivity index (χ2v) is 4.68. The van der Waals surface area contributed by atoms with Gasteiger partial charge in [0, 0.05) is 26.8 Å². The molecule has 17 heavy (non-hydrogen) atoms. The Labute approximate surface area is 102 Å². The Morgan fingerprint density at radius 1 is 1.41 bits per heavy atom. The maximum Gasteiger partial charge on any atom is 0.179 e. The van der Waals surface area contributed by atoms with E-state index in [0.717, 1.165) is 24.5 Å². The summed E-state index contributed by atoms with van der Waals surface area (Å²) >= 11 is 0. The third-order valence-electron chi connectivity index (χ3n) is 3.19. The van der Waals surface area contributed by atoms with Crippen molar-refractivity contribution in [3.05, 3.63) is 11.8 Å². The van der Waals surface area contributed by atoms with Crippen LogP contribution in [0.3, 0.4) is 0 Å². The number of methoxy groups -OCH3 is 2. The Morgan fingerprint density at radius 2 is 2.12 bits per heavy atom. The highest BCUT2D eigenvalue weighted by Gasteiger charge is 2.29. The fourth-order valence-corrected chi connectivity index (χ4v) is 2.21. The van der Waals surface area contributed by atoms with E-state index in [0.29, 0.717) is 5.92 Å². The zero-order valence-electron chi connectivity index (χ0n) is 10.9. The van der Waals surface area contributed by atoms with Crippen molar-refractivity contribution < 1.29 is 9.47 Å². The summed E-state index contributed by atoms with van der Waals surface area (Å²) in [6.07, 6.45) is 0.717. The second kappa shape index (κ2) is 5.06. The van der Waals surface area contributed by atoms with Crippen LogP contribution in [0.5, 0.6) is 0 Å². The normalized spacial score (nSPS) is 19.5. The Bertz CT molecular complexity index is 372. The van der Waals surface area contributed by atoms with Gasteiger partial charge in [0.15, 0.2) is 6.29 Å². The van der Waals surface area contributed by atoms with E-state index >= 15 is 0 Å². The summed E-state index contributed by atoms with van der Waals surface area (Å²) in [7, 11) is 3.34. The van der Waals surface area contributed by atoms with Crippen molar-refractivity contribution in [1.82, 2.24) is 9.78 Å². The molecule has 2 heterocycles. The lowest BCUT2D eigenvalue weighted by molar-refractivity contribution is -0.135. The summed E-state index contributed by atoms with van der Waals surface area (Å²) in [5, 5.41) is 8.00. The Balaban J connectivity index is 2.30. The van der Waals surface area contributed by atoms with E-state index in [1.165, 1.54) is 0 Å². The monoisotopic (exact) mass is 239 g/mol. The zero-order chi connectivity index (χ0) is 12.4.